The van der Waals surface area contributed by atoms with E-state index in [4.69, 9.17) is 4.74 Å². The van der Waals surface area contributed by atoms with Gasteiger partial charge in [-0.3, -0.25) is 4.79 Å². The van der Waals surface area contributed by atoms with Crippen LogP contribution in [0.2, 0.25) is 0 Å². The third-order valence-corrected chi connectivity index (χ3v) is 6.64. The SMILES string of the molecule is CC(COc1ccccc1)NS(=O)(=O)c1ccc2c(c1)CCN2C(=O)C1CC1. The Morgan fingerprint density at radius 3 is 2.68 bits per heavy atom. The first-order chi connectivity index (χ1) is 13.4. The van der Waals surface area contributed by atoms with E-state index in [-0.39, 0.29) is 29.4 Å². The predicted molar refractivity (Wildman–Crippen MR) is 107 cm³/mol. The molecule has 28 heavy (non-hydrogen) atoms. The maximum Gasteiger partial charge on any atom is 0.240 e. The first kappa shape index (κ1) is 19.0. The summed E-state index contributed by atoms with van der Waals surface area (Å²) in [5.74, 6) is 1.02. The molecule has 1 heterocycles. The Kier molecular flexibility index (Phi) is 5.12. The molecule has 1 aliphatic heterocycles. The fourth-order valence-corrected chi connectivity index (χ4v) is 4.71. The van der Waals surface area contributed by atoms with Gasteiger partial charge in [-0.1, -0.05) is 18.2 Å². The molecule has 1 unspecified atom stereocenters. The van der Waals surface area contributed by atoms with Crippen LogP contribution in [0.4, 0.5) is 5.69 Å². The Bertz CT molecular complexity index is 971. The van der Waals surface area contributed by atoms with Gasteiger partial charge < -0.3 is 9.64 Å². The first-order valence-electron chi connectivity index (χ1n) is 9.58. The van der Waals surface area contributed by atoms with Crippen molar-refractivity contribution in [1.29, 1.82) is 0 Å². The zero-order valence-corrected chi connectivity index (χ0v) is 16.6. The van der Waals surface area contributed by atoms with Gasteiger partial charge in [-0.05, 0) is 62.1 Å². The summed E-state index contributed by atoms with van der Waals surface area (Å²) in [4.78, 5) is 14.4. The second kappa shape index (κ2) is 7.56. The molecule has 2 aliphatic rings. The molecular formula is C21H24N2O4S. The second-order valence-electron chi connectivity index (χ2n) is 7.45. The number of sulfonamides is 1. The topological polar surface area (TPSA) is 75.7 Å². The summed E-state index contributed by atoms with van der Waals surface area (Å²) in [7, 11) is -3.66. The summed E-state index contributed by atoms with van der Waals surface area (Å²) in [5, 5.41) is 0. The van der Waals surface area contributed by atoms with Crippen LogP contribution in [0.5, 0.6) is 5.75 Å². The van der Waals surface area contributed by atoms with Gasteiger partial charge in [0.05, 0.1) is 10.9 Å². The van der Waals surface area contributed by atoms with Gasteiger partial charge in [0, 0.05) is 18.2 Å². The lowest BCUT2D eigenvalue weighted by Crippen LogP contribution is -2.36. The van der Waals surface area contributed by atoms with Crippen LogP contribution >= 0.6 is 0 Å². The second-order valence-corrected chi connectivity index (χ2v) is 9.17. The Morgan fingerprint density at radius 2 is 1.96 bits per heavy atom. The number of hydrogen-bond donors (Lipinski definition) is 1. The highest BCUT2D eigenvalue weighted by molar-refractivity contribution is 7.89. The minimum Gasteiger partial charge on any atom is -0.492 e. The van der Waals surface area contributed by atoms with Crippen molar-refractivity contribution in [3.8, 4) is 5.75 Å². The van der Waals surface area contributed by atoms with Crippen LogP contribution in [-0.2, 0) is 21.2 Å². The molecule has 2 aromatic rings. The van der Waals surface area contributed by atoms with E-state index in [1.54, 1.807) is 30.0 Å². The average Bonchev–Trinajstić information content (AvgIpc) is 3.45. The molecule has 0 bridgehead atoms. The fourth-order valence-electron chi connectivity index (χ4n) is 3.43. The number of ether oxygens (including phenoxy) is 1. The maximum absolute atomic E-state index is 12.7. The Balaban J connectivity index is 1.42. The van der Waals surface area contributed by atoms with E-state index in [0.29, 0.717) is 18.7 Å². The van der Waals surface area contributed by atoms with Gasteiger partial charge in [-0.15, -0.1) is 0 Å². The molecule has 1 amide bonds. The summed E-state index contributed by atoms with van der Waals surface area (Å²) in [6.07, 6.45) is 2.61. The van der Waals surface area contributed by atoms with Crippen molar-refractivity contribution in [2.75, 3.05) is 18.1 Å². The minimum atomic E-state index is -3.66. The summed E-state index contributed by atoms with van der Waals surface area (Å²) in [6, 6.07) is 13.9. The van der Waals surface area contributed by atoms with Crippen molar-refractivity contribution < 1.29 is 17.9 Å². The molecule has 148 valence electrons. The number of carbonyl (C=O) groups is 1. The highest BCUT2D eigenvalue weighted by Gasteiger charge is 2.36. The Morgan fingerprint density at radius 1 is 1.21 bits per heavy atom. The number of anilines is 1. The molecule has 0 radical (unpaired) electrons. The Hall–Kier alpha value is -2.38. The molecule has 4 rings (SSSR count). The van der Waals surface area contributed by atoms with E-state index in [1.165, 1.54) is 0 Å². The van der Waals surface area contributed by atoms with Crippen LogP contribution in [0.25, 0.3) is 0 Å². The number of amides is 1. The van der Waals surface area contributed by atoms with Crippen molar-refractivity contribution in [2.24, 2.45) is 5.92 Å². The fraction of sp³-hybridized carbons (Fsp3) is 0.381. The molecular weight excluding hydrogens is 376 g/mol. The van der Waals surface area contributed by atoms with Crippen molar-refractivity contribution >= 4 is 21.6 Å². The lowest BCUT2D eigenvalue weighted by Gasteiger charge is -2.18. The number of hydrogen-bond acceptors (Lipinski definition) is 4. The number of nitrogens with one attached hydrogen (secondary N) is 1. The van der Waals surface area contributed by atoms with Crippen LogP contribution < -0.4 is 14.4 Å². The van der Waals surface area contributed by atoms with Gasteiger partial charge >= 0.3 is 0 Å². The molecule has 1 atom stereocenters. The van der Waals surface area contributed by atoms with Gasteiger partial charge in [0.25, 0.3) is 0 Å². The first-order valence-corrected chi connectivity index (χ1v) is 11.1. The molecule has 1 saturated carbocycles. The number of rotatable bonds is 7. The molecule has 1 fully saturated rings. The van der Waals surface area contributed by atoms with Crippen LogP contribution in [0, 0.1) is 5.92 Å². The molecule has 6 nitrogen and oxygen atoms in total. The molecule has 1 N–H and O–H groups in total. The van der Waals surface area contributed by atoms with E-state index in [2.05, 4.69) is 4.72 Å². The Labute approximate surface area is 165 Å². The monoisotopic (exact) mass is 400 g/mol. The van der Waals surface area contributed by atoms with E-state index in [0.717, 1.165) is 24.1 Å². The molecule has 7 heteroatoms. The van der Waals surface area contributed by atoms with E-state index in [1.807, 2.05) is 30.3 Å². The zero-order valence-electron chi connectivity index (χ0n) is 15.8. The number of fused-ring (bicyclic) bond motifs is 1. The van der Waals surface area contributed by atoms with Crippen LogP contribution in [0.15, 0.2) is 53.4 Å². The van der Waals surface area contributed by atoms with Crippen molar-refractivity contribution in [1.82, 2.24) is 4.72 Å². The van der Waals surface area contributed by atoms with E-state index in [9.17, 15) is 13.2 Å². The third kappa shape index (κ3) is 4.05. The van der Waals surface area contributed by atoms with Gasteiger partial charge in [-0.25, -0.2) is 13.1 Å². The van der Waals surface area contributed by atoms with Crippen LogP contribution in [-0.4, -0.2) is 33.5 Å². The predicted octanol–water partition coefficient (Wildman–Crippen LogP) is 2.73. The van der Waals surface area contributed by atoms with Gasteiger partial charge in [-0.2, -0.15) is 0 Å². The molecule has 2 aromatic carbocycles. The smallest absolute Gasteiger partial charge is 0.240 e. The van der Waals surface area contributed by atoms with Gasteiger partial charge in [0.15, 0.2) is 0 Å². The largest absolute Gasteiger partial charge is 0.492 e. The van der Waals surface area contributed by atoms with Crippen LogP contribution in [0.3, 0.4) is 0 Å². The highest BCUT2D eigenvalue weighted by Crippen LogP contribution is 2.37. The van der Waals surface area contributed by atoms with Crippen LogP contribution in [0.1, 0.15) is 25.3 Å². The minimum absolute atomic E-state index is 0.154. The molecule has 0 saturated heterocycles. The zero-order chi connectivity index (χ0) is 19.7. The summed E-state index contributed by atoms with van der Waals surface area (Å²) in [6.45, 7) is 2.63. The summed E-state index contributed by atoms with van der Waals surface area (Å²) >= 11 is 0. The summed E-state index contributed by atoms with van der Waals surface area (Å²) in [5.41, 5.74) is 1.75. The van der Waals surface area contributed by atoms with E-state index < -0.39 is 10.0 Å². The maximum atomic E-state index is 12.7. The normalized spacial score (nSPS) is 17.2. The number of para-hydroxylation sites is 1. The van der Waals surface area contributed by atoms with E-state index >= 15 is 0 Å². The quantitative estimate of drug-likeness (QED) is 0.775. The highest BCUT2D eigenvalue weighted by atomic mass is 32.2. The van der Waals surface area contributed by atoms with Crippen molar-refractivity contribution in [3.05, 3.63) is 54.1 Å². The number of nitrogens with zero attached hydrogens (tertiary/aromatic N) is 1. The molecule has 0 spiro atoms. The van der Waals surface area contributed by atoms with Gasteiger partial charge in [0.1, 0.15) is 12.4 Å². The number of benzene rings is 2. The average molecular weight is 401 g/mol. The lowest BCUT2D eigenvalue weighted by atomic mass is 10.2. The lowest BCUT2D eigenvalue weighted by molar-refractivity contribution is -0.119. The molecule has 0 aromatic heterocycles. The summed E-state index contributed by atoms with van der Waals surface area (Å²) < 4.78 is 33.8. The van der Waals surface area contributed by atoms with Crippen molar-refractivity contribution in [2.45, 2.75) is 37.1 Å². The molecule has 1 aliphatic carbocycles. The van der Waals surface area contributed by atoms with Crippen molar-refractivity contribution in [3.63, 3.8) is 0 Å². The third-order valence-electron chi connectivity index (χ3n) is 5.05. The number of carbonyl (C=O) groups excluding carboxylic acids is 1. The van der Waals surface area contributed by atoms with Gasteiger partial charge in [0.2, 0.25) is 15.9 Å². The standard InChI is InChI=1S/C21H24N2O4S/c1-15(14-27-18-5-3-2-4-6-18)22-28(25,26)19-9-10-20-17(13-19)11-12-23(20)21(24)16-7-8-16/h2-6,9-10,13,15-16,22H,7-8,11-12,14H2,1H3.